The summed E-state index contributed by atoms with van der Waals surface area (Å²) in [5.41, 5.74) is 2.61. The van der Waals surface area contributed by atoms with Gasteiger partial charge in [-0.3, -0.25) is 9.69 Å². The van der Waals surface area contributed by atoms with Gasteiger partial charge in [-0.05, 0) is 17.5 Å². The van der Waals surface area contributed by atoms with E-state index in [-0.39, 0.29) is 12.5 Å². The van der Waals surface area contributed by atoms with E-state index in [2.05, 4.69) is 69.1 Å². The Morgan fingerprint density at radius 3 is 2.00 bits per heavy atom. The number of rotatable bonds is 13. The van der Waals surface area contributed by atoms with Crippen molar-refractivity contribution in [2.75, 3.05) is 54.0 Å². The third-order valence-electron chi connectivity index (χ3n) is 4.91. The fourth-order valence-corrected chi connectivity index (χ4v) is 3.14. The van der Waals surface area contributed by atoms with Gasteiger partial charge >= 0.3 is 0 Å². The van der Waals surface area contributed by atoms with Gasteiger partial charge < -0.3 is 20.3 Å². The molecule has 0 fully saturated rings. The highest BCUT2D eigenvalue weighted by molar-refractivity contribution is 5.84. The molecule has 0 spiro atoms. The van der Waals surface area contributed by atoms with Gasteiger partial charge in [0.05, 0.1) is 6.61 Å². The Hall–Kier alpha value is -2.90. The average Bonchev–Trinajstić information content (AvgIpc) is 2.80. The number of likely N-dealkylation sites (N-methyl/N-ethyl adjacent to an activating group) is 1. The Morgan fingerprint density at radius 1 is 0.906 bits per heavy atom. The van der Waals surface area contributed by atoms with E-state index in [1.165, 1.54) is 11.1 Å². The number of hydrogen-bond acceptors (Lipinski definition) is 4. The van der Waals surface area contributed by atoms with E-state index in [9.17, 15) is 4.79 Å². The van der Waals surface area contributed by atoms with E-state index >= 15 is 0 Å². The minimum absolute atomic E-state index is 0.0326. The summed E-state index contributed by atoms with van der Waals surface area (Å²) < 4.78 is 5.10. The summed E-state index contributed by atoms with van der Waals surface area (Å²) in [5.74, 6) is 0.602. The van der Waals surface area contributed by atoms with Crippen LogP contribution in [0.15, 0.2) is 65.7 Å². The first kappa shape index (κ1) is 25.4. The van der Waals surface area contributed by atoms with E-state index in [1.807, 2.05) is 12.1 Å². The first-order valence-electron chi connectivity index (χ1n) is 11.1. The second kappa shape index (κ2) is 15.0. The number of carbonyl (C=O) groups is 1. The smallest absolute Gasteiger partial charge is 0.243 e. The van der Waals surface area contributed by atoms with Crippen molar-refractivity contribution >= 4 is 11.9 Å². The summed E-state index contributed by atoms with van der Waals surface area (Å²) in [6.45, 7) is 4.83. The quantitative estimate of drug-likeness (QED) is 0.285. The summed E-state index contributed by atoms with van der Waals surface area (Å²) in [6, 6.07) is 21.1. The molecular weight excluding hydrogens is 402 g/mol. The van der Waals surface area contributed by atoms with Crippen LogP contribution in [-0.4, -0.2) is 75.7 Å². The molecule has 7 nitrogen and oxygen atoms in total. The number of methoxy groups -OCH3 is 1. The molecular formula is C25H37N5O2. The maximum absolute atomic E-state index is 11.9. The molecule has 0 atom stereocenters. The van der Waals surface area contributed by atoms with Gasteiger partial charge in [0.25, 0.3) is 0 Å². The van der Waals surface area contributed by atoms with Crippen LogP contribution in [0.25, 0.3) is 0 Å². The third-order valence-corrected chi connectivity index (χ3v) is 4.91. The molecule has 2 aromatic rings. The molecule has 0 aliphatic rings. The fourth-order valence-electron chi connectivity index (χ4n) is 3.14. The van der Waals surface area contributed by atoms with Gasteiger partial charge in [-0.25, -0.2) is 4.99 Å². The van der Waals surface area contributed by atoms with Crippen LogP contribution >= 0.6 is 0 Å². The van der Waals surface area contributed by atoms with Crippen molar-refractivity contribution in [2.24, 2.45) is 4.99 Å². The highest BCUT2D eigenvalue weighted by Crippen LogP contribution is 2.10. The molecule has 32 heavy (non-hydrogen) atoms. The number of hydrogen-bond donors (Lipinski definition) is 2. The van der Waals surface area contributed by atoms with Crippen LogP contribution in [0.4, 0.5) is 0 Å². The van der Waals surface area contributed by atoms with Gasteiger partial charge in [-0.15, -0.1) is 0 Å². The predicted molar refractivity (Wildman–Crippen MR) is 130 cm³/mol. The monoisotopic (exact) mass is 439 g/mol. The van der Waals surface area contributed by atoms with Gasteiger partial charge in [0.1, 0.15) is 6.54 Å². The molecule has 0 saturated carbocycles. The molecule has 0 aliphatic heterocycles. The Labute approximate surface area is 192 Å². The van der Waals surface area contributed by atoms with Crippen LogP contribution in [0, 0.1) is 0 Å². The van der Waals surface area contributed by atoms with Crippen LogP contribution in [0.3, 0.4) is 0 Å². The molecule has 0 radical (unpaired) electrons. The molecule has 2 N–H and O–H groups in total. The highest BCUT2D eigenvalue weighted by Gasteiger charge is 2.08. The van der Waals surface area contributed by atoms with E-state index in [1.54, 1.807) is 26.1 Å². The molecule has 2 rings (SSSR count). The molecule has 0 aliphatic carbocycles. The average molecular weight is 440 g/mol. The molecule has 174 valence electrons. The molecule has 0 unspecified atom stereocenters. The van der Waals surface area contributed by atoms with Crippen molar-refractivity contribution in [3.8, 4) is 0 Å². The van der Waals surface area contributed by atoms with Crippen molar-refractivity contribution in [3.63, 3.8) is 0 Å². The SMILES string of the molecule is COCCNC(=NCC(=O)N(C)C)NCCCN(Cc1ccccc1)Cc1ccccc1. The molecule has 2 aromatic carbocycles. The fraction of sp³-hybridized carbons (Fsp3) is 0.440. The van der Waals surface area contributed by atoms with Crippen molar-refractivity contribution in [3.05, 3.63) is 71.8 Å². The Bertz CT molecular complexity index is 755. The number of amides is 1. The number of ether oxygens (including phenoxy) is 1. The van der Waals surface area contributed by atoms with Gasteiger partial charge in [0.15, 0.2) is 5.96 Å². The van der Waals surface area contributed by atoms with Gasteiger partial charge in [0, 0.05) is 53.9 Å². The van der Waals surface area contributed by atoms with E-state index in [0.717, 1.165) is 32.6 Å². The molecule has 0 saturated heterocycles. The first-order chi connectivity index (χ1) is 15.6. The van der Waals surface area contributed by atoms with E-state index in [0.29, 0.717) is 19.1 Å². The Balaban J connectivity index is 1.89. The van der Waals surface area contributed by atoms with Crippen LogP contribution < -0.4 is 10.6 Å². The first-order valence-corrected chi connectivity index (χ1v) is 11.1. The van der Waals surface area contributed by atoms with Gasteiger partial charge in [-0.2, -0.15) is 0 Å². The summed E-state index contributed by atoms with van der Waals surface area (Å²) in [4.78, 5) is 20.3. The number of guanidine groups is 1. The lowest BCUT2D eigenvalue weighted by molar-refractivity contribution is -0.127. The molecule has 0 heterocycles. The Morgan fingerprint density at radius 2 is 1.47 bits per heavy atom. The lowest BCUT2D eigenvalue weighted by Gasteiger charge is -2.23. The summed E-state index contributed by atoms with van der Waals surface area (Å²) >= 11 is 0. The maximum Gasteiger partial charge on any atom is 0.243 e. The van der Waals surface area contributed by atoms with Crippen LogP contribution in [0.2, 0.25) is 0 Å². The maximum atomic E-state index is 11.9. The zero-order valence-corrected chi connectivity index (χ0v) is 19.6. The van der Waals surface area contributed by atoms with Crippen molar-refractivity contribution in [1.82, 2.24) is 20.4 Å². The number of carbonyl (C=O) groups excluding carboxylic acids is 1. The molecule has 7 heteroatoms. The topological polar surface area (TPSA) is 69.2 Å². The van der Waals surface area contributed by atoms with Crippen LogP contribution in [0.5, 0.6) is 0 Å². The zero-order valence-electron chi connectivity index (χ0n) is 19.6. The second-order valence-corrected chi connectivity index (χ2v) is 7.83. The van der Waals surface area contributed by atoms with Crippen molar-refractivity contribution < 1.29 is 9.53 Å². The van der Waals surface area contributed by atoms with E-state index < -0.39 is 0 Å². The Kier molecular flexibility index (Phi) is 11.9. The highest BCUT2D eigenvalue weighted by atomic mass is 16.5. The minimum Gasteiger partial charge on any atom is -0.383 e. The summed E-state index contributed by atoms with van der Waals surface area (Å²) in [6.07, 6.45) is 0.951. The molecule has 0 aromatic heterocycles. The van der Waals surface area contributed by atoms with E-state index in [4.69, 9.17) is 4.74 Å². The largest absolute Gasteiger partial charge is 0.383 e. The summed E-state index contributed by atoms with van der Waals surface area (Å²) in [5, 5.41) is 6.55. The minimum atomic E-state index is -0.0326. The lowest BCUT2D eigenvalue weighted by atomic mass is 10.1. The standard InChI is InChI=1S/C25H37N5O2/c1-29(2)24(31)19-28-25(27-16-18-32-3)26-15-10-17-30(20-22-11-6-4-7-12-22)21-23-13-8-5-9-14-23/h4-9,11-14H,10,15-21H2,1-3H3,(H2,26,27,28). The number of aliphatic imine (C=N–C) groups is 1. The van der Waals surface area contributed by atoms with Crippen LogP contribution in [-0.2, 0) is 22.6 Å². The number of benzene rings is 2. The molecule has 1 amide bonds. The normalized spacial score (nSPS) is 11.4. The predicted octanol–water partition coefficient (Wildman–Crippen LogP) is 2.35. The molecule has 0 bridgehead atoms. The lowest BCUT2D eigenvalue weighted by Crippen LogP contribution is -2.41. The van der Waals surface area contributed by atoms with Crippen LogP contribution in [0.1, 0.15) is 17.5 Å². The van der Waals surface area contributed by atoms with Gasteiger partial charge in [-0.1, -0.05) is 60.7 Å². The number of nitrogens with zero attached hydrogens (tertiary/aromatic N) is 3. The van der Waals surface area contributed by atoms with Crippen molar-refractivity contribution in [1.29, 1.82) is 0 Å². The second-order valence-electron chi connectivity index (χ2n) is 7.83. The van der Waals surface area contributed by atoms with Crippen molar-refractivity contribution in [2.45, 2.75) is 19.5 Å². The summed E-state index contributed by atoms with van der Waals surface area (Å²) in [7, 11) is 5.13. The zero-order chi connectivity index (χ0) is 23.0. The number of nitrogens with one attached hydrogen (secondary N) is 2. The third kappa shape index (κ3) is 10.4. The van der Waals surface area contributed by atoms with Gasteiger partial charge in [0.2, 0.25) is 5.91 Å².